The Kier molecular flexibility index (Phi) is 4.76. The summed E-state index contributed by atoms with van der Waals surface area (Å²) in [6, 6.07) is 14.7. The van der Waals surface area contributed by atoms with Gasteiger partial charge in [0, 0.05) is 29.4 Å². The number of nitrogens with zero attached hydrogens (tertiary/aromatic N) is 2. The minimum absolute atomic E-state index is 0.0974. The lowest BCUT2D eigenvalue weighted by Gasteiger charge is -2.11. The largest absolute Gasteiger partial charge is 0.497 e. The molecule has 1 amide bonds. The second-order valence-electron chi connectivity index (χ2n) is 5.78. The van der Waals surface area contributed by atoms with Crippen molar-refractivity contribution in [1.82, 2.24) is 9.38 Å². The molecular formula is C20H17N3O3S. The first-order valence-electron chi connectivity index (χ1n) is 8.31. The topological polar surface area (TPSA) is 64.9 Å². The number of hydrogen-bond acceptors (Lipinski definition) is 5. The fourth-order valence-electron chi connectivity index (χ4n) is 2.70. The summed E-state index contributed by atoms with van der Waals surface area (Å²) in [7, 11) is 1.59. The maximum Gasteiger partial charge on any atom is 0.262 e. The molecule has 0 aliphatic heterocycles. The standard InChI is InChI=1S/C20H17N3O3S/c1-25-14-5-4-6-15(11-14)26-13-19(24)21-17-8-3-2-7-16(17)18-12-23-9-10-27-20(23)22-18/h2-12H,13H2,1H3,(H,21,24). The van der Waals surface area contributed by atoms with E-state index in [1.165, 1.54) is 0 Å². The van der Waals surface area contributed by atoms with Gasteiger partial charge in [-0.1, -0.05) is 24.3 Å². The Hall–Kier alpha value is -3.32. The van der Waals surface area contributed by atoms with Gasteiger partial charge < -0.3 is 14.8 Å². The molecule has 0 aliphatic rings. The average Bonchev–Trinajstić information content (AvgIpc) is 3.29. The quantitative estimate of drug-likeness (QED) is 0.548. The number of para-hydroxylation sites is 1. The first-order valence-corrected chi connectivity index (χ1v) is 9.19. The molecule has 4 rings (SSSR count). The molecule has 0 aliphatic carbocycles. The van der Waals surface area contributed by atoms with Gasteiger partial charge in [0.1, 0.15) is 11.5 Å². The summed E-state index contributed by atoms with van der Waals surface area (Å²) in [6.45, 7) is -0.0974. The zero-order valence-corrected chi connectivity index (χ0v) is 15.4. The van der Waals surface area contributed by atoms with Crippen molar-refractivity contribution in [3.8, 4) is 22.8 Å². The van der Waals surface area contributed by atoms with E-state index in [0.29, 0.717) is 17.2 Å². The number of ether oxygens (including phenoxy) is 2. The molecule has 1 N–H and O–H groups in total. The van der Waals surface area contributed by atoms with Gasteiger partial charge in [-0.05, 0) is 18.2 Å². The van der Waals surface area contributed by atoms with Gasteiger partial charge in [-0.3, -0.25) is 9.20 Å². The van der Waals surface area contributed by atoms with E-state index in [4.69, 9.17) is 9.47 Å². The number of carbonyl (C=O) groups excluding carboxylic acids is 1. The number of carbonyl (C=O) groups is 1. The number of fused-ring (bicyclic) bond motifs is 1. The molecule has 7 heteroatoms. The predicted molar refractivity (Wildman–Crippen MR) is 106 cm³/mol. The second-order valence-corrected chi connectivity index (χ2v) is 6.65. The molecule has 2 heterocycles. The molecule has 0 saturated heterocycles. The highest BCUT2D eigenvalue weighted by atomic mass is 32.1. The van der Waals surface area contributed by atoms with Crippen LogP contribution in [0.4, 0.5) is 5.69 Å². The smallest absolute Gasteiger partial charge is 0.262 e. The van der Waals surface area contributed by atoms with Crippen LogP contribution in [0.1, 0.15) is 0 Å². The number of imidazole rings is 1. The van der Waals surface area contributed by atoms with Gasteiger partial charge in [-0.15, -0.1) is 11.3 Å². The fourth-order valence-corrected chi connectivity index (χ4v) is 3.40. The Morgan fingerprint density at radius 1 is 1.19 bits per heavy atom. The minimum Gasteiger partial charge on any atom is -0.497 e. The van der Waals surface area contributed by atoms with Gasteiger partial charge in [-0.2, -0.15) is 0 Å². The highest BCUT2D eigenvalue weighted by molar-refractivity contribution is 7.15. The average molecular weight is 379 g/mol. The molecular weight excluding hydrogens is 362 g/mol. The SMILES string of the molecule is COc1cccc(OCC(=O)Nc2ccccc2-c2cn3ccsc3n2)c1. The molecule has 2 aromatic heterocycles. The zero-order chi connectivity index (χ0) is 18.6. The van der Waals surface area contributed by atoms with Crippen LogP contribution in [0.15, 0.2) is 66.3 Å². The van der Waals surface area contributed by atoms with Gasteiger partial charge in [0.15, 0.2) is 11.6 Å². The fraction of sp³-hybridized carbons (Fsp3) is 0.100. The summed E-state index contributed by atoms with van der Waals surface area (Å²) < 4.78 is 12.7. The van der Waals surface area contributed by atoms with Crippen molar-refractivity contribution in [2.75, 3.05) is 19.0 Å². The van der Waals surface area contributed by atoms with Crippen molar-refractivity contribution in [2.24, 2.45) is 0 Å². The van der Waals surface area contributed by atoms with Crippen LogP contribution in [0.25, 0.3) is 16.2 Å². The van der Waals surface area contributed by atoms with E-state index >= 15 is 0 Å². The van der Waals surface area contributed by atoms with Crippen LogP contribution in [-0.2, 0) is 4.79 Å². The summed E-state index contributed by atoms with van der Waals surface area (Å²) in [5, 5.41) is 4.89. The molecule has 2 aromatic carbocycles. The highest BCUT2D eigenvalue weighted by Crippen LogP contribution is 2.28. The molecule has 4 aromatic rings. The van der Waals surface area contributed by atoms with E-state index in [0.717, 1.165) is 16.2 Å². The zero-order valence-electron chi connectivity index (χ0n) is 14.6. The lowest BCUT2D eigenvalue weighted by Crippen LogP contribution is -2.20. The minimum atomic E-state index is -0.244. The van der Waals surface area contributed by atoms with Crippen LogP contribution in [-0.4, -0.2) is 29.0 Å². The molecule has 0 fully saturated rings. The van der Waals surface area contributed by atoms with Crippen molar-refractivity contribution in [3.05, 3.63) is 66.3 Å². The number of nitrogens with one attached hydrogen (secondary N) is 1. The Morgan fingerprint density at radius 2 is 2.04 bits per heavy atom. The van der Waals surface area contributed by atoms with Crippen molar-refractivity contribution in [2.45, 2.75) is 0 Å². The lowest BCUT2D eigenvalue weighted by atomic mass is 10.1. The van der Waals surface area contributed by atoms with Gasteiger partial charge in [0.2, 0.25) is 0 Å². The van der Waals surface area contributed by atoms with Crippen molar-refractivity contribution in [3.63, 3.8) is 0 Å². The molecule has 6 nitrogen and oxygen atoms in total. The van der Waals surface area contributed by atoms with E-state index in [2.05, 4.69) is 10.3 Å². The van der Waals surface area contributed by atoms with Crippen LogP contribution >= 0.6 is 11.3 Å². The number of thiazole rings is 1. The van der Waals surface area contributed by atoms with E-state index < -0.39 is 0 Å². The summed E-state index contributed by atoms with van der Waals surface area (Å²) >= 11 is 1.57. The molecule has 0 radical (unpaired) electrons. The monoisotopic (exact) mass is 379 g/mol. The maximum absolute atomic E-state index is 12.4. The second kappa shape index (κ2) is 7.51. The molecule has 0 unspecified atom stereocenters. The first kappa shape index (κ1) is 17.1. The van der Waals surface area contributed by atoms with Gasteiger partial charge >= 0.3 is 0 Å². The lowest BCUT2D eigenvalue weighted by molar-refractivity contribution is -0.118. The summed E-state index contributed by atoms with van der Waals surface area (Å²) in [5.74, 6) is 1.01. The number of amides is 1. The Morgan fingerprint density at radius 3 is 2.89 bits per heavy atom. The molecule has 0 bridgehead atoms. The number of rotatable bonds is 6. The highest BCUT2D eigenvalue weighted by Gasteiger charge is 2.12. The van der Waals surface area contributed by atoms with Crippen LogP contribution in [0.2, 0.25) is 0 Å². The molecule has 0 saturated carbocycles. The Labute approximate surface area is 160 Å². The summed E-state index contributed by atoms with van der Waals surface area (Å²) in [5.41, 5.74) is 2.37. The molecule has 136 valence electrons. The normalized spacial score (nSPS) is 10.7. The third kappa shape index (κ3) is 3.78. The first-order chi connectivity index (χ1) is 13.2. The Bertz CT molecular complexity index is 1060. The van der Waals surface area contributed by atoms with Gasteiger partial charge in [-0.25, -0.2) is 4.98 Å². The maximum atomic E-state index is 12.4. The third-order valence-corrected chi connectivity index (χ3v) is 4.75. The van der Waals surface area contributed by atoms with Crippen LogP contribution in [0.3, 0.4) is 0 Å². The Balaban J connectivity index is 1.47. The summed E-state index contributed by atoms with van der Waals surface area (Å²) in [4.78, 5) is 17.9. The van der Waals surface area contributed by atoms with E-state index in [1.54, 1.807) is 30.6 Å². The molecule has 0 atom stereocenters. The number of aromatic nitrogens is 2. The van der Waals surface area contributed by atoms with Crippen molar-refractivity contribution < 1.29 is 14.3 Å². The number of methoxy groups -OCH3 is 1. The van der Waals surface area contributed by atoms with E-state index in [-0.39, 0.29) is 12.5 Å². The van der Waals surface area contributed by atoms with E-state index in [1.807, 2.05) is 58.6 Å². The third-order valence-electron chi connectivity index (χ3n) is 3.98. The predicted octanol–water partition coefficient (Wildman–Crippen LogP) is 4.09. The van der Waals surface area contributed by atoms with Crippen molar-refractivity contribution >= 4 is 27.9 Å². The van der Waals surface area contributed by atoms with Crippen LogP contribution in [0, 0.1) is 0 Å². The number of anilines is 1. The van der Waals surface area contributed by atoms with E-state index in [9.17, 15) is 4.79 Å². The number of hydrogen-bond donors (Lipinski definition) is 1. The molecule has 27 heavy (non-hydrogen) atoms. The molecule has 0 spiro atoms. The van der Waals surface area contributed by atoms with Crippen LogP contribution in [0.5, 0.6) is 11.5 Å². The van der Waals surface area contributed by atoms with Gasteiger partial charge in [0.05, 0.1) is 18.5 Å². The van der Waals surface area contributed by atoms with Gasteiger partial charge in [0.25, 0.3) is 5.91 Å². The van der Waals surface area contributed by atoms with Crippen molar-refractivity contribution in [1.29, 1.82) is 0 Å². The van der Waals surface area contributed by atoms with Crippen LogP contribution < -0.4 is 14.8 Å². The summed E-state index contributed by atoms with van der Waals surface area (Å²) in [6.07, 6.45) is 3.91. The number of benzene rings is 2.